The number of alkyl halides is 3. The molecule has 1 aromatic heterocycles. The van der Waals surface area contributed by atoms with Gasteiger partial charge in [0, 0.05) is 25.0 Å². The first-order valence-corrected chi connectivity index (χ1v) is 8.26. The van der Waals surface area contributed by atoms with Gasteiger partial charge >= 0.3 is 6.18 Å². The first kappa shape index (κ1) is 18.4. The van der Waals surface area contributed by atoms with E-state index in [0.29, 0.717) is 11.1 Å². The van der Waals surface area contributed by atoms with E-state index in [1.54, 1.807) is 24.3 Å². The molecule has 1 atom stereocenters. The summed E-state index contributed by atoms with van der Waals surface area (Å²) in [6, 6.07) is 6.70. The molecular formula is C16H18F3N3OS. The van der Waals surface area contributed by atoms with Crippen LogP contribution < -0.4 is 0 Å². The zero-order valence-corrected chi connectivity index (χ0v) is 14.6. The molecule has 1 aromatic carbocycles. The minimum absolute atomic E-state index is 0.226. The van der Waals surface area contributed by atoms with Crippen molar-refractivity contribution >= 4 is 17.2 Å². The van der Waals surface area contributed by atoms with E-state index in [0.717, 1.165) is 6.20 Å². The molecule has 0 radical (unpaired) electrons. The average Bonchev–Trinajstić information content (AvgIpc) is 2.86. The van der Waals surface area contributed by atoms with Gasteiger partial charge in [0.05, 0.1) is 4.75 Å². The van der Waals surface area contributed by atoms with Gasteiger partial charge in [0.2, 0.25) is 0 Å². The molecule has 0 unspecified atom stereocenters. The van der Waals surface area contributed by atoms with Crippen LogP contribution in [0, 0.1) is 0 Å². The highest BCUT2D eigenvalue weighted by molar-refractivity contribution is 7.85. The van der Waals surface area contributed by atoms with Crippen molar-refractivity contribution in [2.75, 3.05) is 0 Å². The minimum atomic E-state index is -4.47. The van der Waals surface area contributed by atoms with Crippen LogP contribution in [0.5, 0.6) is 0 Å². The Balaban J connectivity index is 2.23. The Morgan fingerprint density at radius 2 is 1.75 bits per heavy atom. The Kier molecular flexibility index (Phi) is 4.98. The van der Waals surface area contributed by atoms with Crippen LogP contribution >= 0.6 is 0 Å². The molecule has 0 bridgehead atoms. The lowest BCUT2D eigenvalue weighted by atomic mass is 10.1. The van der Waals surface area contributed by atoms with Gasteiger partial charge in [-0.1, -0.05) is 24.3 Å². The summed E-state index contributed by atoms with van der Waals surface area (Å²) in [5.74, 6) is 0.226. The predicted molar refractivity (Wildman–Crippen MR) is 89.1 cm³/mol. The molecule has 2 rings (SSSR count). The zero-order valence-electron chi connectivity index (χ0n) is 13.8. The van der Waals surface area contributed by atoms with E-state index in [-0.39, 0.29) is 5.82 Å². The van der Waals surface area contributed by atoms with Crippen LogP contribution in [-0.4, -0.2) is 24.7 Å². The predicted octanol–water partition coefficient (Wildman–Crippen LogP) is 3.99. The van der Waals surface area contributed by atoms with Crippen LogP contribution in [0.1, 0.15) is 32.0 Å². The van der Waals surface area contributed by atoms with Crippen LogP contribution in [0.4, 0.5) is 13.2 Å². The van der Waals surface area contributed by atoms with Gasteiger partial charge in [0.1, 0.15) is 16.8 Å². The van der Waals surface area contributed by atoms with Gasteiger partial charge < -0.3 is 4.57 Å². The Morgan fingerprint density at radius 3 is 2.21 bits per heavy atom. The third kappa shape index (κ3) is 4.31. The first-order valence-electron chi connectivity index (χ1n) is 7.15. The molecule has 2 aromatic rings. The minimum Gasteiger partial charge on any atom is -0.333 e. The number of aryl methyl sites for hydroxylation is 1. The summed E-state index contributed by atoms with van der Waals surface area (Å²) in [7, 11) is 0.152. The van der Waals surface area contributed by atoms with Gasteiger partial charge in [-0.15, -0.1) is 0 Å². The molecule has 130 valence electrons. The lowest BCUT2D eigenvalue weighted by molar-refractivity contribution is -0.140. The SMILES string of the molecule is Cn1cc(C(F)(F)F)nc1-c1ccc(C=N[S@@](=O)C(C)(C)C)cc1. The molecule has 0 saturated carbocycles. The Bertz CT molecular complexity index is 771. The van der Waals surface area contributed by atoms with E-state index in [1.807, 2.05) is 20.8 Å². The zero-order chi connectivity index (χ0) is 18.1. The summed E-state index contributed by atoms with van der Waals surface area (Å²) in [6.45, 7) is 5.47. The standard InChI is InChI=1S/C16H18F3N3OS/c1-15(2,3)24(23)20-9-11-5-7-12(8-6-11)14-21-13(10-22(14)4)16(17,18)19/h5-10H,1-4H3/t24-/m0/s1. The highest BCUT2D eigenvalue weighted by atomic mass is 32.2. The smallest absolute Gasteiger partial charge is 0.333 e. The Labute approximate surface area is 141 Å². The van der Waals surface area contributed by atoms with E-state index in [9.17, 15) is 17.4 Å². The molecular weight excluding hydrogens is 339 g/mol. The molecule has 0 saturated heterocycles. The van der Waals surface area contributed by atoms with Crippen LogP contribution in [0.25, 0.3) is 11.4 Å². The highest BCUT2D eigenvalue weighted by Gasteiger charge is 2.34. The second-order valence-corrected chi connectivity index (χ2v) is 8.21. The number of hydrogen-bond acceptors (Lipinski definition) is 2. The molecule has 0 fully saturated rings. The topological polar surface area (TPSA) is 47.2 Å². The maximum absolute atomic E-state index is 12.7. The van der Waals surface area contributed by atoms with Crippen molar-refractivity contribution in [3.8, 4) is 11.4 Å². The van der Waals surface area contributed by atoms with Crippen LogP contribution in [0.15, 0.2) is 34.9 Å². The number of benzene rings is 1. The summed E-state index contributed by atoms with van der Waals surface area (Å²) in [5.41, 5.74) is 0.343. The third-order valence-electron chi connectivity index (χ3n) is 3.16. The summed E-state index contributed by atoms with van der Waals surface area (Å²) < 4.78 is 54.9. The van der Waals surface area contributed by atoms with Crippen molar-refractivity contribution in [3.05, 3.63) is 41.7 Å². The lowest BCUT2D eigenvalue weighted by Crippen LogP contribution is -2.19. The van der Waals surface area contributed by atoms with Crippen LogP contribution in [-0.2, 0) is 24.2 Å². The van der Waals surface area contributed by atoms with E-state index in [4.69, 9.17) is 0 Å². The van der Waals surface area contributed by atoms with Crippen LogP contribution in [0.3, 0.4) is 0 Å². The number of imidazole rings is 1. The van der Waals surface area contributed by atoms with Crippen molar-refractivity contribution in [1.82, 2.24) is 9.55 Å². The summed E-state index contributed by atoms with van der Waals surface area (Å²) in [6.07, 6.45) is -2.03. The van der Waals surface area contributed by atoms with Gasteiger partial charge in [-0.2, -0.15) is 17.6 Å². The molecule has 0 aliphatic heterocycles. The quantitative estimate of drug-likeness (QED) is 0.780. The highest BCUT2D eigenvalue weighted by Crippen LogP contribution is 2.30. The number of hydrogen-bond donors (Lipinski definition) is 0. The second-order valence-electron chi connectivity index (χ2n) is 6.28. The second kappa shape index (κ2) is 6.51. The monoisotopic (exact) mass is 357 g/mol. The molecule has 0 N–H and O–H groups in total. The fraction of sp³-hybridized carbons (Fsp3) is 0.375. The lowest BCUT2D eigenvalue weighted by Gasteiger charge is -2.12. The molecule has 0 amide bonds. The first-order chi connectivity index (χ1) is 11.0. The van der Waals surface area contributed by atoms with Gasteiger partial charge in [-0.3, -0.25) is 0 Å². The van der Waals surface area contributed by atoms with Crippen molar-refractivity contribution < 1.29 is 17.4 Å². The fourth-order valence-corrected chi connectivity index (χ4v) is 2.39. The molecule has 0 aliphatic carbocycles. The van der Waals surface area contributed by atoms with E-state index in [2.05, 4.69) is 9.38 Å². The third-order valence-corrected chi connectivity index (χ3v) is 4.50. The Hall–Kier alpha value is -1.96. The van der Waals surface area contributed by atoms with Gasteiger partial charge in [0.15, 0.2) is 5.69 Å². The molecule has 1 heterocycles. The van der Waals surface area contributed by atoms with Crippen molar-refractivity contribution in [2.24, 2.45) is 11.4 Å². The van der Waals surface area contributed by atoms with E-state index >= 15 is 0 Å². The van der Waals surface area contributed by atoms with Gasteiger partial charge in [0.25, 0.3) is 0 Å². The molecule has 8 heteroatoms. The number of nitrogens with zero attached hydrogens (tertiary/aromatic N) is 3. The maximum atomic E-state index is 12.7. The fourth-order valence-electron chi connectivity index (χ4n) is 1.86. The van der Waals surface area contributed by atoms with E-state index in [1.165, 1.54) is 17.8 Å². The molecule has 24 heavy (non-hydrogen) atoms. The number of aromatic nitrogens is 2. The summed E-state index contributed by atoms with van der Waals surface area (Å²) >= 11 is 0. The number of halogens is 3. The maximum Gasteiger partial charge on any atom is 0.434 e. The normalized spacial score (nSPS) is 14.3. The summed E-state index contributed by atoms with van der Waals surface area (Å²) in [5, 5.41) is 0. The van der Waals surface area contributed by atoms with Gasteiger partial charge in [-0.05, 0) is 26.3 Å². The average molecular weight is 357 g/mol. The summed E-state index contributed by atoms with van der Waals surface area (Å²) in [4.78, 5) is 3.64. The molecule has 0 aliphatic rings. The molecule has 0 spiro atoms. The van der Waals surface area contributed by atoms with Crippen molar-refractivity contribution in [2.45, 2.75) is 31.7 Å². The van der Waals surface area contributed by atoms with E-state index < -0.39 is 27.6 Å². The number of rotatable bonds is 3. The van der Waals surface area contributed by atoms with Gasteiger partial charge in [-0.25, -0.2) is 9.19 Å². The molecule has 4 nitrogen and oxygen atoms in total. The largest absolute Gasteiger partial charge is 0.434 e. The van der Waals surface area contributed by atoms with Crippen molar-refractivity contribution in [3.63, 3.8) is 0 Å². The van der Waals surface area contributed by atoms with Crippen molar-refractivity contribution in [1.29, 1.82) is 0 Å². The Morgan fingerprint density at radius 1 is 1.17 bits per heavy atom. The van der Waals surface area contributed by atoms with Crippen LogP contribution in [0.2, 0.25) is 0 Å².